The second-order valence-corrected chi connectivity index (χ2v) is 4.13. The fourth-order valence-corrected chi connectivity index (χ4v) is 1.96. The van der Waals surface area contributed by atoms with E-state index in [-0.39, 0.29) is 5.75 Å². The summed E-state index contributed by atoms with van der Waals surface area (Å²) in [6.07, 6.45) is -5.45. The van der Waals surface area contributed by atoms with Crippen LogP contribution in [-0.4, -0.2) is 32.9 Å². The van der Waals surface area contributed by atoms with Crippen molar-refractivity contribution in [2.24, 2.45) is 0 Å². The first-order valence-electron chi connectivity index (χ1n) is 6.68. The van der Waals surface area contributed by atoms with Crippen LogP contribution in [0, 0.1) is 0 Å². The molecule has 0 aromatic heterocycles. The van der Waals surface area contributed by atoms with Gasteiger partial charge in [0.05, 0.1) is 6.04 Å². The number of rotatable bonds is 8. The molecule has 7 heteroatoms. The lowest BCUT2D eigenvalue weighted by molar-refractivity contribution is -0.275. The number of ether oxygens (including phenoxy) is 3. The molecule has 1 aromatic rings. The van der Waals surface area contributed by atoms with Crippen molar-refractivity contribution in [3.05, 3.63) is 29.8 Å². The Morgan fingerprint density at radius 2 is 1.67 bits per heavy atom. The third-order valence-corrected chi connectivity index (χ3v) is 2.72. The molecule has 0 saturated heterocycles. The van der Waals surface area contributed by atoms with Crippen molar-refractivity contribution in [2.45, 2.75) is 32.5 Å². The molecular formula is C14H20F3NO3. The summed E-state index contributed by atoms with van der Waals surface area (Å²) in [5, 5.41) is 2.92. The van der Waals surface area contributed by atoms with E-state index in [1.54, 1.807) is 33.0 Å². The van der Waals surface area contributed by atoms with Gasteiger partial charge in [-0.15, -0.1) is 13.2 Å². The first kappa shape index (κ1) is 17.7. The minimum Gasteiger partial charge on any atom is -0.405 e. The van der Waals surface area contributed by atoms with Crippen LogP contribution < -0.4 is 10.1 Å². The minimum absolute atomic E-state index is 0.270. The Morgan fingerprint density at radius 3 is 2.14 bits per heavy atom. The molecule has 21 heavy (non-hydrogen) atoms. The summed E-state index contributed by atoms with van der Waals surface area (Å²) in [6, 6.07) is 5.35. The fourth-order valence-electron chi connectivity index (χ4n) is 1.96. The van der Waals surface area contributed by atoms with Crippen molar-refractivity contribution in [3.63, 3.8) is 0 Å². The molecular weight excluding hydrogens is 287 g/mol. The number of para-hydroxylation sites is 1. The van der Waals surface area contributed by atoms with Gasteiger partial charge < -0.3 is 19.5 Å². The number of hydrogen-bond acceptors (Lipinski definition) is 4. The lowest BCUT2D eigenvalue weighted by atomic mass is 10.1. The first-order chi connectivity index (χ1) is 9.92. The molecule has 120 valence electrons. The van der Waals surface area contributed by atoms with Crippen LogP contribution in [0.25, 0.3) is 0 Å². The molecule has 1 rings (SSSR count). The maximum atomic E-state index is 12.5. The van der Waals surface area contributed by atoms with E-state index >= 15 is 0 Å². The Balaban J connectivity index is 3.08. The summed E-state index contributed by atoms with van der Waals surface area (Å²) in [6.45, 7) is 4.34. The molecule has 0 amide bonds. The Bertz CT molecular complexity index is 420. The normalized spacial score (nSPS) is 13.5. The maximum absolute atomic E-state index is 12.5. The topological polar surface area (TPSA) is 39.7 Å². The van der Waals surface area contributed by atoms with Gasteiger partial charge >= 0.3 is 6.36 Å². The number of nitrogens with one attached hydrogen (secondary N) is 1. The summed E-state index contributed by atoms with van der Waals surface area (Å²) < 4.78 is 52.4. The summed E-state index contributed by atoms with van der Waals surface area (Å²) >= 11 is 0. The molecule has 0 heterocycles. The number of alkyl halides is 3. The van der Waals surface area contributed by atoms with Gasteiger partial charge in [0.1, 0.15) is 5.75 Å². The number of benzene rings is 1. The van der Waals surface area contributed by atoms with Crippen LogP contribution in [0.1, 0.15) is 25.5 Å². The van der Waals surface area contributed by atoms with E-state index in [1.165, 1.54) is 12.1 Å². The highest BCUT2D eigenvalue weighted by atomic mass is 19.4. The second kappa shape index (κ2) is 8.21. The highest BCUT2D eigenvalue weighted by molar-refractivity contribution is 5.36. The molecule has 1 aromatic carbocycles. The van der Waals surface area contributed by atoms with E-state index < -0.39 is 18.7 Å². The predicted molar refractivity (Wildman–Crippen MR) is 72.0 cm³/mol. The van der Waals surface area contributed by atoms with Crippen molar-refractivity contribution < 1.29 is 27.4 Å². The molecule has 4 nitrogen and oxygen atoms in total. The van der Waals surface area contributed by atoms with E-state index in [0.29, 0.717) is 18.8 Å². The van der Waals surface area contributed by atoms with Crippen LogP contribution in [-0.2, 0) is 9.47 Å². The zero-order valence-corrected chi connectivity index (χ0v) is 12.2. The van der Waals surface area contributed by atoms with Crippen molar-refractivity contribution in [2.75, 3.05) is 20.3 Å². The largest absolute Gasteiger partial charge is 0.573 e. The van der Waals surface area contributed by atoms with Crippen LogP contribution in [0.3, 0.4) is 0 Å². The standard InChI is InChI=1S/C14H20F3NO3/c1-4-19-13(20-5-2)12(18-3)10-8-6-7-9-11(10)21-14(15,16)17/h6-9,12-13,18H,4-5H2,1-3H3. The van der Waals surface area contributed by atoms with Gasteiger partial charge in [0.25, 0.3) is 0 Å². The summed E-state index contributed by atoms with van der Waals surface area (Å²) in [4.78, 5) is 0. The van der Waals surface area contributed by atoms with Gasteiger partial charge in [-0.3, -0.25) is 0 Å². The van der Waals surface area contributed by atoms with E-state index in [9.17, 15) is 13.2 Å². The van der Waals surface area contributed by atoms with E-state index in [2.05, 4.69) is 10.1 Å². The average molecular weight is 307 g/mol. The molecule has 1 N–H and O–H groups in total. The highest BCUT2D eigenvalue weighted by Gasteiger charge is 2.34. The maximum Gasteiger partial charge on any atom is 0.573 e. The summed E-state index contributed by atoms with van der Waals surface area (Å²) in [5.74, 6) is -0.270. The number of likely N-dealkylation sites (N-methyl/N-ethyl adjacent to an activating group) is 1. The van der Waals surface area contributed by atoms with Gasteiger partial charge in [0, 0.05) is 18.8 Å². The molecule has 0 spiro atoms. The van der Waals surface area contributed by atoms with Gasteiger partial charge in [-0.05, 0) is 27.0 Å². The molecule has 1 unspecified atom stereocenters. The molecule has 0 bridgehead atoms. The molecule has 1 atom stereocenters. The van der Waals surface area contributed by atoms with E-state index in [0.717, 1.165) is 0 Å². The summed E-state index contributed by atoms with van der Waals surface area (Å²) in [7, 11) is 1.63. The highest BCUT2D eigenvalue weighted by Crippen LogP contribution is 2.32. The Labute approximate surface area is 122 Å². The molecule has 0 saturated carbocycles. The zero-order chi connectivity index (χ0) is 15.9. The quantitative estimate of drug-likeness (QED) is 0.748. The lowest BCUT2D eigenvalue weighted by Gasteiger charge is -2.28. The SMILES string of the molecule is CCOC(OCC)C(NC)c1ccccc1OC(F)(F)F. The lowest BCUT2D eigenvalue weighted by Crippen LogP contribution is -2.34. The Hall–Kier alpha value is -1.31. The molecule has 0 fully saturated rings. The first-order valence-corrected chi connectivity index (χ1v) is 6.68. The molecule has 0 aliphatic carbocycles. The molecule has 0 aliphatic heterocycles. The Kier molecular flexibility index (Phi) is 6.94. The third-order valence-electron chi connectivity index (χ3n) is 2.72. The predicted octanol–water partition coefficient (Wildman–Crippen LogP) is 3.24. The van der Waals surface area contributed by atoms with Crippen molar-refractivity contribution in [1.82, 2.24) is 5.32 Å². The number of hydrogen-bond donors (Lipinski definition) is 1. The van der Waals surface area contributed by atoms with Gasteiger partial charge in [-0.2, -0.15) is 0 Å². The average Bonchev–Trinajstić information content (AvgIpc) is 2.40. The van der Waals surface area contributed by atoms with Crippen LogP contribution in [0.4, 0.5) is 13.2 Å². The Morgan fingerprint density at radius 1 is 1.10 bits per heavy atom. The zero-order valence-electron chi connectivity index (χ0n) is 12.2. The van der Waals surface area contributed by atoms with E-state index in [1.807, 2.05) is 0 Å². The van der Waals surface area contributed by atoms with Gasteiger partial charge in [-0.25, -0.2) is 0 Å². The minimum atomic E-state index is -4.75. The third kappa shape index (κ3) is 5.53. The summed E-state index contributed by atoms with van der Waals surface area (Å²) in [5.41, 5.74) is 0.323. The smallest absolute Gasteiger partial charge is 0.405 e. The van der Waals surface area contributed by atoms with Gasteiger partial charge in [-0.1, -0.05) is 18.2 Å². The van der Waals surface area contributed by atoms with E-state index in [4.69, 9.17) is 9.47 Å². The van der Waals surface area contributed by atoms with Crippen LogP contribution in [0.2, 0.25) is 0 Å². The van der Waals surface area contributed by atoms with Crippen LogP contribution >= 0.6 is 0 Å². The fraction of sp³-hybridized carbons (Fsp3) is 0.571. The second-order valence-electron chi connectivity index (χ2n) is 4.13. The van der Waals surface area contributed by atoms with Gasteiger partial charge in [0.15, 0.2) is 6.29 Å². The monoisotopic (exact) mass is 307 g/mol. The van der Waals surface area contributed by atoms with Crippen molar-refractivity contribution in [1.29, 1.82) is 0 Å². The molecule has 0 aliphatic rings. The van der Waals surface area contributed by atoms with Gasteiger partial charge in [0.2, 0.25) is 0 Å². The van der Waals surface area contributed by atoms with Crippen molar-refractivity contribution in [3.8, 4) is 5.75 Å². The van der Waals surface area contributed by atoms with Crippen LogP contribution in [0.5, 0.6) is 5.75 Å². The van der Waals surface area contributed by atoms with Crippen LogP contribution in [0.15, 0.2) is 24.3 Å². The van der Waals surface area contributed by atoms with Crippen molar-refractivity contribution >= 4 is 0 Å². The molecule has 0 radical (unpaired) electrons. The number of halogens is 3.